The summed E-state index contributed by atoms with van der Waals surface area (Å²) in [5.74, 6) is 0. The second-order valence-electron chi connectivity index (χ2n) is 5.66. The molecule has 0 N–H and O–H groups in total. The van der Waals surface area contributed by atoms with E-state index in [4.69, 9.17) is 0 Å². The van der Waals surface area contributed by atoms with Crippen molar-refractivity contribution in [2.24, 2.45) is 0 Å². The predicted octanol–water partition coefficient (Wildman–Crippen LogP) is 5.62. The van der Waals surface area contributed by atoms with Crippen molar-refractivity contribution in [2.45, 2.75) is 93.9 Å². The van der Waals surface area contributed by atoms with Gasteiger partial charge in [0.15, 0.2) is 0 Å². The highest BCUT2D eigenvalue weighted by Crippen LogP contribution is 2.18. The van der Waals surface area contributed by atoms with E-state index in [1.54, 1.807) is 0 Å². The van der Waals surface area contributed by atoms with Gasteiger partial charge in [0, 0.05) is 6.42 Å². The lowest BCUT2D eigenvalue weighted by Crippen LogP contribution is -2.12. The molecule has 0 aromatic carbocycles. The summed E-state index contributed by atoms with van der Waals surface area (Å²) in [7, 11) is 0. The van der Waals surface area contributed by atoms with Crippen molar-refractivity contribution in [3.8, 4) is 0 Å². The zero-order valence-corrected chi connectivity index (χ0v) is 13.9. The zero-order chi connectivity index (χ0) is 13.5. The fraction of sp³-hybridized carbons (Fsp3) is 0.938. The van der Waals surface area contributed by atoms with Crippen LogP contribution in [0.4, 0.5) is 0 Å². The monoisotopic (exact) mass is 268 g/mol. The van der Waals surface area contributed by atoms with Crippen LogP contribution in [0.5, 0.6) is 0 Å². The highest BCUT2D eigenvalue weighted by Gasteiger charge is 2.15. The molecule has 0 atom stereocenters. The van der Waals surface area contributed by atoms with E-state index in [1.807, 2.05) is 0 Å². The molecule has 0 rings (SSSR count). The summed E-state index contributed by atoms with van der Waals surface area (Å²) in [6, 6.07) is 0. The third kappa shape index (κ3) is 12.7. The van der Waals surface area contributed by atoms with Gasteiger partial charge in [0.2, 0.25) is 0 Å². The van der Waals surface area contributed by atoms with Gasteiger partial charge >= 0.3 is 0 Å². The van der Waals surface area contributed by atoms with Gasteiger partial charge in [-0.1, -0.05) is 87.5 Å². The lowest BCUT2D eigenvalue weighted by Gasteiger charge is -2.11. The zero-order valence-electron chi connectivity index (χ0n) is 12.8. The van der Waals surface area contributed by atoms with Gasteiger partial charge in [-0.3, -0.25) is 0 Å². The van der Waals surface area contributed by atoms with Crippen LogP contribution in [0.25, 0.3) is 0 Å². The van der Waals surface area contributed by atoms with E-state index < -0.39 is 14.1 Å². The number of carbonyl (C=O) groups excluding carboxylic acids is 1. The molecule has 0 aromatic rings. The lowest BCUT2D eigenvalue weighted by atomic mass is 10.2. The van der Waals surface area contributed by atoms with Gasteiger partial charge in [-0.25, -0.2) is 0 Å². The number of aldehydes is 1. The molecule has 0 amide bonds. The minimum atomic E-state index is -0.510. The van der Waals surface area contributed by atoms with Gasteiger partial charge in [-0.2, -0.15) is 0 Å². The maximum Gasteiger partial charge on any atom is 0.261 e. The van der Waals surface area contributed by atoms with Gasteiger partial charge in [-0.15, -0.1) is 0 Å². The molecule has 0 bridgehead atoms. The van der Waals surface area contributed by atoms with Gasteiger partial charge < -0.3 is 4.79 Å². The Hall–Kier alpha value is 0.202. The molecule has 0 aliphatic heterocycles. The maximum atomic E-state index is 10.4. The van der Waals surface area contributed by atoms with Crippen LogP contribution in [-0.4, -0.2) is 20.4 Å². The van der Waals surface area contributed by atoms with E-state index in [9.17, 15) is 4.79 Å². The minimum absolute atomic E-state index is 0.510. The van der Waals surface area contributed by atoms with Gasteiger partial charge in [0.1, 0.15) is 6.29 Å². The summed E-state index contributed by atoms with van der Waals surface area (Å²) in [6.45, 7) is 4.56. The van der Waals surface area contributed by atoms with Crippen molar-refractivity contribution in [3.05, 3.63) is 0 Å². The molecule has 1 nitrogen and oxygen atoms in total. The van der Waals surface area contributed by atoms with Crippen molar-refractivity contribution >= 4 is 20.4 Å². The van der Waals surface area contributed by atoms with Crippen molar-refractivity contribution in [2.75, 3.05) is 0 Å². The molecule has 0 radical (unpaired) electrons. The molecule has 0 unspecified atom stereocenters. The Balaban J connectivity index is 3.65. The molecule has 0 saturated heterocycles. The Morgan fingerprint density at radius 3 is 1.67 bits per heavy atom. The van der Waals surface area contributed by atoms with Crippen LogP contribution in [0.3, 0.4) is 0 Å². The summed E-state index contributed by atoms with van der Waals surface area (Å²) >= 11 is -0.510. The van der Waals surface area contributed by atoms with Gasteiger partial charge in [-0.05, 0) is 0 Å². The Morgan fingerprint density at radius 2 is 1.22 bits per heavy atom. The van der Waals surface area contributed by atoms with Crippen LogP contribution in [-0.2, 0) is 4.79 Å². The average molecular weight is 268 g/mol. The highest BCUT2D eigenvalue weighted by molar-refractivity contribution is 6.58. The molecule has 0 aliphatic carbocycles. The Kier molecular flexibility index (Phi) is 15.4. The second kappa shape index (κ2) is 15.3. The van der Waals surface area contributed by atoms with Crippen LogP contribution in [0.1, 0.15) is 78.1 Å². The Bertz CT molecular complexity index is 158. The third-order valence-corrected chi connectivity index (χ3v) is 7.54. The lowest BCUT2D eigenvalue weighted by molar-refractivity contribution is -0.107. The molecule has 0 aliphatic rings. The molecular weight excluding hydrogens is 235 g/mol. The van der Waals surface area contributed by atoms with E-state index in [0.29, 0.717) is 0 Å². The molecule has 18 heavy (non-hydrogen) atoms. The minimum Gasteiger partial charge on any atom is -0.303 e. The molecule has 0 spiro atoms. The van der Waals surface area contributed by atoms with Crippen LogP contribution >= 0.6 is 0 Å². The average Bonchev–Trinajstić information content (AvgIpc) is 2.39. The van der Waals surface area contributed by atoms with Crippen molar-refractivity contribution in [3.63, 3.8) is 0 Å². The summed E-state index contributed by atoms with van der Waals surface area (Å²) in [6.07, 6.45) is 14.3. The van der Waals surface area contributed by atoms with Gasteiger partial charge in [0.05, 0.1) is 0 Å². The fourth-order valence-corrected chi connectivity index (χ4v) is 6.05. The molecule has 0 aromatic heterocycles. The highest BCUT2D eigenvalue weighted by atomic mass is 27.2. The van der Waals surface area contributed by atoms with E-state index >= 15 is 0 Å². The summed E-state index contributed by atoms with van der Waals surface area (Å²) in [5, 5.41) is 4.48. The second-order valence-corrected chi connectivity index (χ2v) is 9.13. The number of hydrogen-bond donors (Lipinski definition) is 0. The maximum absolute atomic E-state index is 10.4. The fourth-order valence-electron chi connectivity index (χ4n) is 2.64. The molecule has 106 valence electrons. The number of hydrogen-bond acceptors (Lipinski definition) is 1. The first-order valence-electron chi connectivity index (χ1n) is 8.28. The first kappa shape index (κ1) is 18.2. The largest absolute Gasteiger partial charge is 0.303 e. The van der Waals surface area contributed by atoms with E-state index in [-0.39, 0.29) is 0 Å². The molecule has 2 heteroatoms. The van der Waals surface area contributed by atoms with E-state index in [0.717, 1.165) is 12.7 Å². The SMILES string of the molecule is CCCCC[CH2][Al]([CH2]CCC=O)[CH2]CCCCC. The van der Waals surface area contributed by atoms with Crippen molar-refractivity contribution in [1.29, 1.82) is 0 Å². The normalized spacial score (nSPS) is 10.6. The Labute approximate surface area is 119 Å². The topological polar surface area (TPSA) is 17.1 Å². The van der Waals surface area contributed by atoms with Crippen LogP contribution in [0.15, 0.2) is 0 Å². The predicted molar refractivity (Wildman–Crippen MR) is 83.8 cm³/mol. The Morgan fingerprint density at radius 1 is 0.722 bits per heavy atom. The summed E-state index contributed by atoms with van der Waals surface area (Å²) < 4.78 is 0. The number of rotatable bonds is 14. The number of unbranched alkanes of at least 4 members (excludes halogenated alkanes) is 7. The smallest absolute Gasteiger partial charge is 0.261 e. The number of carbonyl (C=O) groups is 1. The first-order valence-corrected chi connectivity index (χ1v) is 10.7. The van der Waals surface area contributed by atoms with Crippen molar-refractivity contribution < 1.29 is 4.79 Å². The molecule has 0 fully saturated rings. The van der Waals surface area contributed by atoms with E-state index in [1.165, 1.54) is 73.6 Å². The van der Waals surface area contributed by atoms with E-state index in [2.05, 4.69) is 13.8 Å². The van der Waals surface area contributed by atoms with Crippen LogP contribution < -0.4 is 0 Å². The molecular formula is C16H33AlO. The molecule has 0 heterocycles. The summed E-state index contributed by atoms with van der Waals surface area (Å²) in [5.41, 5.74) is 0. The first-order chi connectivity index (χ1) is 8.85. The quantitative estimate of drug-likeness (QED) is 0.227. The van der Waals surface area contributed by atoms with Crippen molar-refractivity contribution in [1.82, 2.24) is 0 Å². The van der Waals surface area contributed by atoms with Crippen LogP contribution in [0, 0.1) is 0 Å². The van der Waals surface area contributed by atoms with Gasteiger partial charge in [0.25, 0.3) is 14.1 Å². The standard InChI is InChI=1S/2C6H13.C4H7O.Al/c2*1-3-5-6-4-2;1-2-3-4-5;/h2*1,3-6H2,2H3;4H,1-3H2;. The third-order valence-electron chi connectivity index (χ3n) is 3.87. The summed E-state index contributed by atoms with van der Waals surface area (Å²) in [4.78, 5) is 10.4. The molecule has 0 saturated carbocycles. The van der Waals surface area contributed by atoms with Crippen LogP contribution in [0.2, 0.25) is 15.8 Å².